The van der Waals surface area contributed by atoms with Crippen molar-refractivity contribution in [1.29, 1.82) is 0 Å². The predicted octanol–water partition coefficient (Wildman–Crippen LogP) is 4.13. The van der Waals surface area contributed by atoms with Crippen LogP contribution in [0, 0.1) is 5.41 Å². The van der Waals surface area contributed by atoms with Gasteiger partial charge < -0.3 is 20.4 Å². The molecule has 3 fully saturated rings. The van der Waals surface area contributed by atoms with Crippen molar-refractivity contribution >= 4 is 29.2 Å². The van der Waals surface area contributed by atoms with Crippen molar-refractivity contribution in [3.05, 3.63) is 30.1 Å². The molecule has 39 heavy (non-hydrogen) atoms. The van der Waals surface area contributed by atoms with E-state index in [0.29, 0.717) is 30.4 Å². The molecule has 3 aliphatic heterocycles. The van der Waals surface area contributed by atoms with Crippen LogP contribution in [0.15, 0.2) is 24.5 Å². The molecule has 2 unspecified atom stereocenters. The first-order valence-corrected chi connectivity index (χ1v) is 14.9. The summed E-state index contributed by atoms with van der Waals surface area (Å²) in [4.78, 5) is 34.4. The summed E-state index contributed by atoms with van der Waals surface area (Å²) in [6.07, 6.45) is 11.6. The second-order valence-electron chi connectivity index (χ2n) is 13.3. The highest BCUT2D eigenvalue weighted by atomic mass is 16.2. The number of nitrogens with zero attached hydrogens (tertiary/aromatic N) is 6. The summed E-state index contributed by atoms with van der Waals surface area (Å²) >= 11 is 0. The van der Waals surface area contributed by atoms with Gasteiger partial charge in [0.1, 0.15) is 17.7 Å². The predicted molar refractivity (Wildman–Crippen MR) is 156 cm³/mol. The van der Waals surface area contributed by atoms with Crippen LogP contribution in [0.2, 0.25) is 0 Å². The van der Waals surface area contributed by atoms with E-state index in [1.807, 2.05) is 18.5 Å². The third-order valence-electron chi connectivity index (χ3n) is 9.25. The monoisotopic (exact) mass is 532 g/mol. The Morgan fingerprint density at radius 1 is 1.10 bits per heavy atom. The SMILES string of the molecule is CC1CN(c2ccc(Nc3ncc4c(n3)N3C(C4)C(=O)NCC34CCCCC4)nc2)CCN1CCC(C)(C)C. The normalized spacial score (nSPS) is 24.9. The van der Waals surface area contributed by atoms with Gasteiger partial charge in [-0.1, -0.05) is 40.0 Å². The fraction of sp³-hybridized carbons (Fsp3) is 0.667. The Labute approximate surface area is 232 Å². The van der Waals surface area contributed by atoms with E-state index in [4.69, 9.17) is 9.97 Å². The maximum Gasteiger partial charge on any atom is 0.243 e. The molecule has 2 aromatic heterocycles. The van der Waals surface area contributed by atoms with Gasteiger partial charge in [0, 0.05) is 50.4 Å². The van der Waals surface area contributed by atoms with E-state index in [1.54, 1.807) is 0 Å². The average molecular weight is 533 g/mol. The quantitative estimate of drug-likeness (QED) is 0.594. The summed E-state index contributed by atoms with van der Waals surface area (Å²) in [5.74, 6) is 2.30. The lowest BCUT2D eigenvalue weighted by Gasteiger charge is -2.51. The third kappa shape index (κ3) is 5.30. The zero-order valence-corrected chi connectivity index (χ0v) is 24.0. The first-order valence-electron chi connectivity index (χ1n) is 14.9. The molecular formula is C30H44N8O. The van der Waals surface area contributed by atoms with Gasteiger partial charge in [0.25, 0.3) is 0 Å². The van der Waals surface area contributed by atoms with Crippen LogP contribution >= 0.6 is 0 Å². The van der Waals surface area contributed by atoms with E-state index in [1.165, 1.54) is 25.7 Å². The molecule has 2 aromatic rings. The minimum absolute atomic E-state index is 0.0263. The molecule has 1 spiro atoms. The van der Waals surface area contributed by atoms with Gasteiger partial charge in [0.05, 0.1) is 17.4 Å². The molecule has 9 nitrogen and oxygen atoms in total. The maximum atomic E-state index is 12.8. The minimum Gasteiger partial charge on any atom is -0.367 e. The molecule has 1 aliphatic carbocycles. The number of fused-ring (bicyclic) bond motifs is 4. The smallest absolute Gasteiger partial charge is 0.243 e. The van der Waals surface area contributed by atoms with Crippen molar-refractivity contribution in [3.8, 4) is 0 Å². The molecule has 2 saturated heterocycles. The highest BCUT2D eigenvalue weighted by Gasteiger charge is 2.51. The van der Waals surface area contributed by atoms with E-state index in [-0.39, 0.29) is 17.5 Å². The van der Waals surface area contributed by atoms with Gasteiger partial charge in [-0.15, -0.1) is 0 Å². The molecule has 2 N–H and O–H groups in total. The van der Waals surface area contributed by atoms with Crippen molar-refractivity contribution in [2.45, 2.75) is 90.3 Å². The molecule has 4 aliphatic rings. The number of pyridine rings is 1. The van der Waals surface area contributed by atoms with Crippen LogP contribution in [0.3, 0.4) is 0 Å². The Kier molecular flexibility index (Phi) is 6.90. The number of aromatic nitrogens is 3. The van der Waals surface area contributed by atoms with Crippen molar-refractivity contribution in [1.82, 2.24) is 25.2 Å². The van der Waals surface area contributed by atoms with Crippen molar-refractivity contribution < 1.29 is 4.79 Å². The zero-order chi connectivity index (χ0) is 27.2. The minimum atomic E-state index is -0.176. The van der Waals surface area contributed by atoms with E-state index >= 15 is 0 Å². The van der Waals surface area contributed by atoms with Crippen LogP contribution in [-0.4, -0.2) is 76.1 Å². The molecule has 0 radical (unpaired) electrons. The number of hydrogen-bond donors (Lipinski definition) is 2. The molecule has 5 heterocycles. The lowest BCUT2D eigenvalue weighted by molar-refractivity contribution is -0.124. The lowest BCUT2D eigenvalue weighted by Crippen LogP contribution is -2.67. The molecule has 210 valence electrons. The number of piperazine rings is 2. The van der Waals surface area contributed by atoms with Gasteiger partial charge in [-0.3, -0.25) is 9.69 Å². The fourth-order valence-electron chi connectivity index (χ4n) is 6.91. The Hall–Kier alpha value is -2.94. The van der Waals surface area contributed by atoms with Crippen molar-refractivity contribution in [3.63, 3.8) is 0 Å². The van der Waals surface area contributed by atoms with Crippen LogP contribution < -0.4 is 20.4 Å². The summed E-state index contributed by atoms with van der Waals surface area (Å²) in [6.45, 7) is 14.3. The molecule has 1 saturated carbocycles. The van der Waals surface area contributed by atoms with Gasteiger partial charge in [-0.25, -0.2) is 9.97 Å². The number of hydrogen-bond acceptors (Lipinski definition) is 8. The molecule has 6 rings (SSSR count). The standard InChI is InChI=1S/C30H44N8O/c1-21-19-37(15-14-36(21)13-12-29(2,3)4)23-8-9-25(31-18-23)34-28-32-17-22-16-24-27(39)33-20-30(10-6-5-7-11-30)38(24)26(22)35-28/h8-9,17-18,21,24H,5-7,10-16,19-20H2,1-4H3,(H,33,39)(H,31,32,34,35). The van der Waals surface area contributed by atoms with Crippen molar-refractivity contribution in [2.24, 2.45) is 5.41 Å². The summed E-state index contributed by atoms with van der Waals surface area (Å²) in [6, 6.07) is 4.50. The van der Waals surface area contributed by atoms with Crippen LogP contribution in [0.1, 0.15) is 71.8 Å². The first-order chi connectivity index (χ1) is 18.7. The van der Waals surface area contributed by atoms with Gasteiger partial charge in [0.15, 0.2) is 0 Å². The van der Waals surface area contributed by atoms with Gasteiger partial charge in [0.2, 0.25) is 11.9 Å². The summed E-state index contributed by atoms with van der Waals surface area (Å²) in [7, 11) is 0. The molecule has 0 aromatic carbocycles. The molecular weight excluding hydrogens is 488 g/mol. The number of carbonyl (C=O) groups excluding carboxylic acids is 1. The Morgan fingerprint density at radius 3 is 2.64 bits per heavy atom. The Morgan fingerprint density at radius 2 is 1.92 bits per heavy atom. The maximum absolute atomic E-state index is 12.8. The molecule has 1 amide bonds. The molecule has 0 bridgehead atoms. The van der Waals surface area contributed by atoms with Crippen LogP contribution in [0.25, 0.3) is 0 Å². The number of amides is 1. The second-order valence-corrected chi connectivity index (χ2v) is 13.3. The van der Waals surface area contributed by atoms with Gasteiger partial charge in [-0.2, -0.15) is 4.98 Å². The average Bonchev–Trinajstić information content (AvgIpc) is 3.31. The molecule has 2 atom stereocenters. The second kappa shape index (κ2) is 10.2. The molecule has 9 heteroatoms. The fourth-order valence-corrected chi connectivity index (χ4v) is 6.91. The van der Waals surface area contributed by atoms with E-state index in [2.05, 4.69) is 64.1 Å². The third-order valence-corrected chi connectivity index (χ3v) is 9.25. The van der Waals surface area contributed by atoms with Crippen LogP contribution in [0.5, 0.6) is 0 Å². The van der Waals surface area contributed by atoms with Crippen LogP contribution in [0.4, 0.5) is 23.3 Å². The van der Waals surface area contributed by atoms with E-state index in [9.17, 15) is 4.79 Å². The van der Waals surface area contributed by atoms with Gasteiger partial charge in [-0.05, 0) is 50.3 Å². The van der Waals surface area contributed by atoms with Crippen molar-refractivity contribution in [2.75, 3.05) is 47.8 Å². The van der Waals surface area contributed by atoms with E-state index < -0.39 is 0 Å². The zero-order valence-electron chi connectivity index (χ0n) is 24.0. The number of carbonyl (C=O) groups is 1. The van der Waals surface area contributed by atoms with Gasteiger partial charge >= 0.3 is 0 Å². The lowest BCUT2D eigenvalue weighted by atomic mass is 9.78. The number of anilines is 4. The summed E-state index contributed by atoms with van der Waals surface area (Å²) in [5, 5.41) is 6.51. The topological polar surface area (TPSA) is 89.5 Å². The highest BCUT2D eigenvalue weighted by molar-refractivity contribution is 5.90. The van der Waals surface area contributed by atoms with E-state index in [0.717, 1.165) is 61.9 Å². The largest absolute Gasteiger partial charge is 0.367 e. The highest BCUT2D eigenvalue weighted by Crippen LogP contribution is 2.44. The summed E-state index contributed by atoms with van der Waals surface area (Å²) in [5.41, 5.74) is 2.56. The first kappa shape index (κ1) is 26.3. The Bertz CT molecular complexity index is 1190. The van der Waals surface area contributed by atoms with Crippen LogP contribution in [-0.2, 0) is 11.2 Å². The number of rotatable bonds is 5. The number of nitrogens with one attached hydrogen (secondary N) is 2. The Balaban J connectivity index is 1.13. The summed E-state index contributed by atoms with van der Waals surface area (Å²) < 4.78 is 0.